The molecule has 2 N–H and O–H groups in total. The number of nitrogens with one attached hydrogen (secondary N) is 2. The first kappa shape index (κ1) is 24.6. The predicted octanol–water partition coefficient (Wildman–Crippen LogP) is 4.48. The van der Waals surface area contributed by atoms with Gasteiger partial charge in [0.2, 0.25) is 5.91 Å². The molecule has 2 atom stereocenters. The van der Waals surface area contributed by atoms with Crippen LogP contribution < -0.4 is 14.8 Å². The van der Waals surface area contributed by atoms with E-state index in [0.29, 0.717) is 12.5 Å². The largest absolute Gasteiger partial charge is 0.493 e. The molecule has 2 aliphatic rings. The van der Waals surface area contributed by atoms with Gasteiger partial charge in [0.05, 0.1) is 20.8 Å². The van der Waals surface area contributed by atoms with Gasteiger partial charge in [-0.15, -0.1) is 0 Å². The van der Waals surface area contributed by atoms with Gasteiger partial charge >= 0.3 is 0 Å². The number of aryl methyl sites for hydroxylation is 1. The fraction of sp³-hybridized carbons (Fsp3) is 0.607. The summed E-state index contributed by atoms with van der Waals surface area (Å²) in [4.78, 5) is 17.8. The molecular formula is C28H41N3O3. The Morgan fingerprint density at radius 1 is 1.12 bits per heavy atom. The number of fused-ring (bicyclic) bond motifs is 1. The van der Waals surface area contributed by atoms with E-state index >= 15 is 0 Å². The number of nitrogens with zero attached hydrogens (tertiary/aromatic N) is 1. The van der Waals surface area contributed by atoms with Crippen molar-refractivity contribution in [3.8, 4) is 11.5 Å². The molecule has 34 heavy (non-hydrogen) atoms. The number of hydrogen-bond acceptors (Lipinski definition) is 4. The molecule has 6 heteroatoms. The van der Waals surface area contributed by atoms with E-state index < -0.39 is 0 Å². The molecule has 1 fully saturated rings. The number of piperazine rings is 1. The Labute approximate surface area is 204 Å². The van der Waals surface area contributed by atoms with Gasteiger partial charge in [0.1, 0.15) is 0 Å². The SMILES string of the molecule is CCCC(CCCCN1CCNCC1=O)(c1ccc[nH]1)C1CCc2cc(OC)c(OC)cc2C1. The first-order chi connectivity index (χ1) is 16.6. The van der Waals surface area contributed by atoms with Crippen LogP contribution in [0.1, 0.15) is 62.3 Å². The predicted molar refractivity (Wildman–Crippen MR) is 136 cm³/mol. The Morgan fingerprint density at radius 3 is 2.59 bits per heavy atom. The molecule has 1 aliphatic heterocycles. The van der Waals surface area contributed by atoms with Crippen LogP contribution in [0, 0.1) is 5.92 Å². The molecule has 1 aromatic heterocycles. The number of hydrogen-bond donors (Lipinski definition) is 2. The van der Waals surface area contributed by atoms with Crippen LogP contribution in [0.4, 0.5) is 0 Å². The number of ether oxygens (including phenoxy) is 2. The minimum Gasteiger partial charge on any atom is -0.493 e. The van der Waals surface area contributed by atoms with Crippen LogP contribution in [0.3, 0.4) is 0 Å². The topological polar surface area (TPSA) is 66.6 Å². The van der Waals surface area contributed by atoms with E-state index in [0.717, 1.165) is 69.7 Å². The number of carbonyl (C=O) groups is 1. The Morgan fingerprint density at radius 2 is 1.91 bits per heavy atom. The summed E-state index contributed by atoms with van der Waals surface area (Å²) >= 11 is 0. The highest BCUT2D eigenvalue weighted by atomic mass is 16.5. The van der Waals surface area contributed by atoms with Crippen molar-refractivity contribution in [3.63, 3.8) is 0 Å². The van der Waals surface area contributed by atoms with E-state index in [9.17, 15) is 4.79 Å². The average molecular weight is 468 g/mol. The van der Waals surface area contributed by atoms with Gasteiger partial charge in [-0.05, 0) is 79.8 Å². The van der Waals surface area contributed by atoms with Crippen molar-refractivity contribution >= 4 is 5.91 Å². The second-order valence-electron chi connectivity index (χ2n) is 9.92. The third-order valence-electron chi connectivity index (χ3n) is 8.03. The standard InChI is InChI=1S/C28H41N3O3/c1-4-11-28(26-8-7-13-30-26,12-5-6-15-31-16-14-29-20-27(31)32)23-10-9-21-18-24(33-2)25(34-3)19-22(21)17-23/h7-8,13,18-19,23,29-30H,4-6,9-12,14-17,20H2,1-3H3. The number of rotatable bonds is 11. The summed E-state index contributed by atoms with van der Waals surface area (Å²) in [5.74, 6) is 2.45. The second-order valence-corrected chi connectivity index (χ2v) is 9.92. The maximum Gasteiger partial charge on any atom is 0.236 e. The molecule has 0 bridgehead atoms. The lowest BCUT2D eigenvalue weighted by molar-refractivity contribution is -0.131. The van der Waals surface area contributed by atoms with Gasteiger partial charge in [-0.3, -0.25) is 4.79 Å². The van der Waals surface area contributed by atoms with Gasteiger partial charge in [0.15, 0.2) is 11.5 Å². The summed E-state index contributed by atoms with van der Waals surface area (Å²) in [6.07, 6.45) is 11.1. The van der Waals surface area contributed by atoms with Gasteiger partial charge in [-0.25, -0.2) is 0 Å². The van der Waals surface area contributed by atoms with Crippen molar-refractivity contribution in [3.05, 3.63) is 47.3 Å². The quantitative estimate of drug-likeness (QED) is 0.478. The maximum atomic E-state index is 12.2. The Kier molecular flexibility index (Phi) is 8.19. The minimum absolute atomic E-state index is 0.122. The number of methoxy groups -OCH3 is 2. The molecular weight excluding hydrogens is 426 g/mol. The average Bonchev–Trinajstić information content (AvgIpc) is 3.41. The fourth-order valence-electron chi connectivity index (χ4n) is 6.29. The van der Waals surface area contributed by atoms with Crippen LogP contribution in [0.2, 0.25) is 0 Å². The highest BCUT2D eigenvalue weighted by Gasteiger charge is 2.41. The number of carbonyl (C=O) groups excluding carboxylic acids is 1. The van der Waals surface area contributed by atoms with Crippen molar-refractivity contribution in [1.29, 1.82) is 0 Å². The van der Waals surface area contributed by atoms with Crippen molar-refractivity contribution < 1.29 is 14.3 Å². The summed E-state index contributed by atoms with van der Waals surface area (Å²) < 4.78 is 11.2. The lowest BCUT2D eigenvalue weighted by atomic mass is 9.61. The number of aromatic nitrogens is 1. The highest BCUT2D eigenvalue weighted by Crippen LogP contribution is 2.47. The lowest BCUT2D eigenvalue weighted by Crippen LogP contribution is -2.48. The molecule has 2 unspecified atom stereocenters. The Balaban J connectivity index is 1.53. The molecule has 186 valence electrons. The van der Waals surface area contributed by atoms with E-state index in [1.54, 1.807) is 14.2 Å². The van der Waals surface area contributed by atoms with Crippen LogP contribution in [-0.2, 0) is 23.1 Å². The number of aromatic amines is 1. The van der Waals surface area contributed by atoms with E-state index in [4.69, 9.17) is 9.47 Å². The van der Waals surface area contributed by atoms with Crippen molar-refractivity contribution in [2.75, 3.05) is 40.4 Å². The molecule has 1 aliphatic carbocycles. The number of amides is 1. The molecule has 1 aromatic carbocycles. The molecule has 0 radical (unpaired) electrons. The molecule has 4 rings (SSSR count). The minimum atomic E-state index is 0.122. The number of benzene rings is 1. The highest BCUT2D eigenvalue weighted by molar-refractivity contribution is 5.78. The summed E-state index contributed by atoms with van der Waals surface area (Å²) in [5.41, 5.74) is 4.29. The van der Waals surface area contributed by atoms with E-state index in [2.05, 4.69) is 47.7 Å². The number of H-pyrrole nitrogens is 1. The summed E-state index contributed by atoms with van der Waals surface area (Å²) in [6, 6.07) is 8.80. The first-order valence-electron chi connectivity index (χ1n) is 13.0. The molecule has 2 aromatic rings. The van der Waals surface area contributed by atoms with Crippen LogP contribution >= 0.6 is 0 Å². The summed E-state index contributed by atoms with van der Waals surface area (Å²) in [7, 11) is 3.43. The van der Waals surface area contributed by atoms with Gasteiger partial charge in [0.25, 0.3) is 0 Å². The van der Waals surface area contributed by atoms with E-state index in [-0.39, 0.29) is 11.3 Å². The molecule has 1 amide bonds. The van der Waals surface area contributed by atoms with Crippen molar-refractivity contribution in [2.45, 2.75) is 63.7 Å². The molecule has 0 saturated carbocycles. The van der Waals surface area contributed by atoms with Crippen LogP contribution in [0.5, 0.6) is 11.5 Å². The van der Waals surface area contributed by atoms with Gasteiger partial charge in [-0.2, -0.15) is 0 Å². The van der Waals surface area contributed by atoms with Crippen LogP contribution in [0.25, 0.3) is 0 Å². The molecule has 1 saturated heterocycles. The van der Waals surface area contributed by atoms with Crippen LogP contribution in [-0.4, -0.2) is 56.2 Å². The molecule has 2 heterocycles. The normalized spacial score (nSPS) is 20.0. The van der Waals surface area contributed by atoms with Gasteiger partial charge < -0.3 is 24.7 Å². The molecule has 6 nitrogen and oxygen atoms in total. The zero-order chi connectivity index (χ0) is 24.0. The van der Waals surface area contributed by atoms with E-state index in [1.807, 2.05) is 4.90 Å². The van der Waals surface area contributed by atoms with Gasteiger partial charge in [-0.1, -0.05) is 19.8 Å². The summed E-state index contributed by atoms with van der Waals surface area (Å²) in [6.45, 7) is 5.40. The lowest BCUT2D eigenvalue weighted by Gasteiger charge is -2.43. The zero-order valence-electron chi connectivity index (χ0n) is 21.1. The maximum absolute atomic E-state index is 12.2. The Bertz CT molecular complexity index is 943. The van der Waals surface area contributed by atoms with Crippen molar-refractivity contribution in [1.82, 2.24) is 15.2 Å². The first-order valence-corrected chi connectivity index (χ1v) is 13.0. The summed E-state index contributed by atoms with van der Waals surface area (Å²) in [5, 5.41) is 3.17. The monoisotopic (exact) mass is 467 g/mol. The number of unbranched alkanes of at least 4 members (excludes halogenated alkanes) is 1. The fourth-order valence-corrected chi connectivity index (χ4v) is 6.29. The third-order valence-corrected chi connectivity index (χ3v) is 8.03. The third kappa shape index (κ3) is 5.12. The van der Waals surface area contributed by atoms with Crippen molar-refractivity contribution in [2.24, 2.45) is 5.92 Å². The molecule has 0 spiro atoms. The second kappa shape index (κ2) is 11.3. The smallest absolute Gasteiger partial charge is 0.236 e. The Hall–Kier alpha value is -2.47. The van der Waals surface area contributed by atoms with Gasteiger partial charge in [0, 0.05) is 36.9 Å². The van der Waals surface area contributed by atoms with E-state index in [1.165, 1.54) is 29.7 Å². The van der Waals surface area contributed by atoms with Crippen LogP contribution in [0.15, 0.2) is 30.5 Å². The zero-order valence-corrected chi connectivity index (χ0v) is 21.1.